The number of urea groups is 1. The average molecular weight is 302 g/mol. The first-order valence-corrected chi connectivity index (χ1v) is 6.94. The van der Waals surface area contributed by atoms with Gasteiger partial charge in [0, 0.05) is 13.5 Å². The van der Waals surface area contributed by atoms with E-state index in [-0.39, 0.29) is 0 Å². The Kier molecular flexibility index (Phi) is 7.35. The molecule has 7 heteroatoms. The molecule has 1 N–H and O–H groups in total. The fourth-order valence-electron chi connectivity index (χ4n) is 1.62. The van der Waals surface area contributed by atoms with Crippen LogP contribution in [-0.4, -0.2) is 47.3 Å². The van der Waals surface area contributed by atoms with Crippen molar-refractivity contribution in [3.05, 3.63) is 0 Å². The van der Waals surface area contributed by atoms with E-state index in [1.807, 2.05) is 0 Å². The van der Waals surface area contributed by atoms with Gasteiger partial charge in [-0.05, 0) is 41.5 Å². The van der Waals surface area contributed by atoms with Crippen LogP contribution in [0.2, 0.25) is 0 Å². The largest absolute Gasteiger partial charge is 0.458 e. The number of esters is 1. The molecule has 3 amide bonds. The van der Waals surface area contributed by atoms with Crippen LogP contribution >= 0.6 is 0 Å². The predicted octanol–water partition coefficient (Wildman–Crippen LogP) is 1.66. The molecule has 122 valence electrons. The zero-order chi connectivity index (χ0) is 16.8. The lowest BCUT2D eigenvalue weighted by Gasteiger charge is -2.29. The Labute approximate surface area is 126 Å². The van der Waals surface area contributed by atoms with Crippen molar-refractivity contribution in [3.63, 3.8) is 0 Å². The molecule has 7 nitrogen and oxygen atoms in total. The number of carbonyl (C=O) groups is 3. The molecule has 0 aromatic rings. The molecule has 0 aliphatic carbocycles. The zero-order valence-electron chi connectivity index (χ0n) is 13.9. The van der Waals surface area contributed by atoms with E-state index >= 15 is 0 Å². The predicted molar refractivity (Wildman–Crippen MR) is 77.4 cm³/mol. The van der Waals surface area contributed by atoms with Crippen molar-refractivity contribution < 1.29 is 23.9 Å². The number of rotatable bonds is 5. The van der Waals surface area contributed by atoms with Crippen molar-refractivity contribution in [2.24, 2.45) is 0 Å². The molecule has 21 heavy (non-hydrogen) atoms. The van der Waals surface area contributed by atoms with Crippen LogP contribution in [0.25, 0.3) is 0 Å². The standard InChI is InChI=1S/C14H26N2O5/c1-8-20-10(3)15-13(19)16(11(4)17)9(2)12(18)21-14(5,6)7/h9-10H,8H2,1-7H3,(H,15,19). The summed E-state index contributed by atoms with van der Waals surface area (Å²) in [6, 6.07) is -1.71. The van der Waals surface area contributed by atoms with Crippen molar-refractivity contribution in [2.45, 2.75) is 66.3 Å². The molecule has 0 radical (unpaired) electrons. The van der Waals surface area contributed by atoms with E-state index in [0.717, 1.165) is 4.90 Å². The minimum atomic E-state index is -1.02. The maximum absolute atomic E-state index is 12.1. The maximum Gasteiger partial charge on any atom is 0.329 e. The second kappa shape index (κ2) is 7.97. The summed E-state index contributed by atoms with van der Waals surface area (Å²) in [5, 5.41) is 2.50. The van der Waals surface area contributed by atoms with Gasteiger partial charge in [0.25, 0.3) is 0 Å². The highest BCUT2D eigenvalue weighted by atomic mass is 16.6. The van der Waals surface area contributed by atoms with Gasteiger partial charge in [0.1, 0.15) is 17.9 Å². The van der Waals surface area contributed by atoms with E-state index in [9.17, 15) is 14.4 Å². The van der Waals surface area contributed by atoms with Gasteiger partial charge in [0.15, 0.2) is 0 Å². The molecule has 0 aromatic heterocycles. The third kappa shape index (κ3) is 7.08. The number of nitrogens with one attached hydrogen (secondary N) is 1. The quantitative estimate of drug-likeness (QED) is 0.616. The Morgan fingerprint density at radius 3 is 2.10 bits per heavy atom. The van der Waals surface area contributed by atoms with Crippen molar-refractivity contribution in [1.29, 1.82) is 0 Å². The lowest BCUT2D eigenvalue weighted by atomic mass is 10.2. The second-order valence-corrected chi connectivity index (χ2v) is 5.65. The molecule has 0 aliphatic heterocycles. The molecule has 0 bridgehead atoms. The van der Waals surface area contributed by atoms with Crippen molar-refractivity contribution in [1.82, 2.24) is 10.2 Å². The van der Waals surface area contributed by atoms with Gasteiger partial charge in [-0.25, -0.2) is 9.59 Å². The normalized spacial score (nSPS) is 14.0. The molecular weight excluding hydrogens is 276 g/mol. The van der Waals surface area contributed by atoms with E-state index in [1.165, 1.54) is 13.8 Å². The van der Waals surface area contributed by atoms with Gasteiger partial charge >= 0.3 is 12.0 Å². The Bertz CT molecular complexity index is 389. The summed E-state index contributed by atoms with van der Waals surface area (Å²) in [5.74, 6) is -1.19. The molecule has 0 aromatic carbocycles. The molecule has 0 heterocycles. The molecule has 2 unspecified atom stereocenters. The number of carbonyl (C=O) groups excluding carboxylic acids is 3. The first kappa shape index (κ1) is 19.4. The summed E-state index contributed by atoms with van der Waals surface area (Å²) in [6.07, 6.45) is -0.560. The average Bonchev–Trinajstić information content (AvgIpc) is 2.25. The number of ether oxygens (including phenoxy) is 2. The first-order valence-electron chi connectivity index (χ1n) is 6.94. The third-order valence-electron chi connectivity index (χ3n) is 2.44. The lowest BCUT2D eigenvalue weighted by molar-refractivity contribution is -0.162. The van der Waals surface area contributed by atoms with Crippen LogP contribution < -0.4 is 5.32 Å². The molecule has 0 fully saturated rings. The number of hydrogen-bond donors (Lipinski definition) is 1. The smallest absolute Gasteiger partial charge is 0.329 e. The van der Waals surface area contributed by atoms with Gasteiger partial charge in [-0.15, -0.1) is 0 Å². The molecule has 2 atom stereocenters. The SMILES string of the molecule is CCOC(C)NC(=O)N(C(C)=O)C(C)C(=O)OC(C)(C)C. The number of nitrogens with zero attached hydrogens (tertiary/aromatic N) is 1. The van der Waals surface area contributed by atoms with Gasteiger partial charge < -0.3 is 14.8 Å². The van der Waals surface area contributed by atoms with Crippen molar-refractivity contribution in [2.75, 3.05) is 6.61 Å². The van der Waals surface area contributed by atoms with Crippen LogP contribution in [0, 0.1) is 0 Å². The van der Waals surface area contributed by atoms with Crippen LogP contribution in [0.15, 0.2) is 0 Å². The number of amides is 3. The van der Waals surface area contributed by atoms with E-state index in [2.05, 4.69) is 5.32 Å². The Hall–Kier alpha value is -1.63. The van der Waals surface area contributed by atoms with Gasteiger partial charge in [-0.2, -0.15) is 0 Å². The third-order valence-corrected chi connectivity index (χ3v) is 2.44. The van der Waals surface area contributed by atoms with E-state index < -0.39 is 35.8 Å². The van der Waals surface area contributed by atoms with E-state index in [1.54, 1.807) is 34.6 Å². The maximum atomic E-state index is 12.1. The van der Waals surface area contributed by atoms with Crippen LogP contribution in [0.1, 0.15) is 48.5 Å². The minimum Gasteiger partial charge on any atom is -0.458 e. The molecule has 0 rings (SSSR count). The Morgan fingerprint density at radius 1 is 1.19 bits per heavy atom. The highest BCUT2D eigenvalue weighted by Gasteiger charge is 2.33. The zero-order valence-corrected chi connectivity index (χ0v) is 13.9. The fraction of sp³-hybridized carbons (Fsp3) is 0.786. The van der Waals surface area contributed by atoms with Crippen molar-refractivity contribution >= 4 is 17.9 Å². The summed E-state index contributed by atoms with van der Waals surface area (Å²) < 4.78 is 10.4. The number of hydrogen-bond acceptors (Lipinski definition) is 5. The van der Waals surface area contributed by atoms with Gasteiger partial charge in [-0.1, -0.05) is 0 Å². The monoisotopic (exact) mass is 302 g/mol. The van der Waals surface area contributed by atoms with Gasteiger partial charge in [-0.3, -0.25) is 9.69 Å². The summed E-state index contributed by atoms with van der Waals surface area (Å²) in [6.45, 7) is 11.6. The van der Waals surface area contributed by atoms with Crippen LogP contribution in [0.5, 0.6) is 0 Å². The molecular formula is C14H26N2O5. The molecule has 0 aliphatic rings. The Morgan fingerprint density at radius 2 is 1.71 bits per heavy atom. The summed E-state index contributed by atoms with van der Waals surface area (Å²) in [5.41, 5.74) is -0.692. The highest BCUT2D eigenvalue weighted by molar-refractivity contribution is 5.97. The number of imide groups is 1. The topological polar surface area (TPSA) is 84.9 Å². The van der Waals surface area contributed by atoms with Crippen LogP contribution in [-0.2, 0) is 19.1 Å². The van der Waals surface area contributed by atoms with Crippen LogP contribution in [0.4, 0.5) is 4.79 Å². The lowest BCUT2D eigenvalue weighted by Crippen LogP contribution is -2.53. The summed E-state index contributed by atoms with van der Waals surface area (Å²) >= 11 is 0. The molecule has 0 saturated carbocycles. The molecule has 0 saturated heterocycles. The van der Waals surface area contributed by atoms with E-state index in [0.29, 0.717) is 6.61 Å². The summed E-state index contributed by atoms with van der Waals surface area (Å²) in [7, 11) is 0. The molecule has 0 spiro atoms. The van der Waals surface area contributed by atoms with Crippen LogP contribution in [0.3, 0.4) is 0 Å². The van der Waals surface area contributed by atoms with Gasteiger partial charge in [0.05, 0.1) is 0 Å². The fourth-order valence-corrected chi connectivity index (χ4v) is 1.62. The highest BCUT2D eigenvalue weighted by Crippen LogP contribution is 2.12. The van der Waals surface area contributed by atoms with Crippen molar-refractivity contribution in [3.8, 4) is 0 Å². The Balaban J connectivity index is 4.93. The first-order chi connectivity index (χ1) is 9.49. The minimum absolute atomic E-state index is 0.420. The van der Waals surface area contributed by atoms with E-state index in [4.69, 9.17) is 9.47 Å². The summed E-state index contributed by atoms with van der Waals surface area (Å²) in [4.78, 5) is 36.6. The second-order valence-electron chi connectivity index (χ2n) is 5.65. The van der Waals surface area contributed by atoms with Gasteiger partial charge in [0.2, 0.25) is 5.91 Å².